The van der Waals surface area contributed by atoms with Crippen LogP contribution >= 0.6 is 0 Å². The number of carbonyl (C=O) groups is 3. The van der Waals surface area contributed by atoms with Crippen LogP contribution in [0.3, 0.4) is 0 Å². The molecule has 5 N–H and O–H groups in total. The van der Waals surface area contributed by atoms with Gasteiger partial charge in [0.15, 0.2) is 12.2 Å². The van der Waals surface area contributed by atoms with Crippen LogP contribution in [-0.4, -0.2) is 115 Å². The molecule has 0 radical (unpaired) electrons. The number of esters is 3. The Hall–Kier alpha value is -3.83. The standard InChI is InChI=1S/C28H30N2O13/c1-10-19(32)21(34)22(35)27(39-10)42-25(37)13-6-4-8-15-17(13)29-16-9-5-7-14(18(16)30-15)26(38)43-28-23(36)24(41-12(3)31)20(33)11(2)40-28/h4-11,19-24,27-28,32-36H,1-3H3. The van der Waals surface area contributed by atoms with E-state index in [4.69, 9.17) is 23.7 Å². The molecule has 2 fully saturated rings. The Bertz CT molecular complexity index is 1550. The minimum absolute atomic E-state index is 0.0493. The number of fused-ring (bicyclic) bond motifs is 2. The summed E-state index contributed by atoms with van der Waals surface area (Å²) in [4.78, 5) is 46.8. The molecule has 0 amide bonds. The summed E-state index contributed by atoms with van der Waals surface area (Å²) in [6, 6.07) is 8.87. The molecule has 5 rings (SSSR count). The average Bonchev–Trinajstić information content (AvgIpc) is 2.97. The van der Waals surface area contributed by atoms with Crippen LogP contribution in [0.25, 0.3) is 22.1 Å². The van der Waals surface area contributed by atoms with Crippen molar-refractivity contribution in [1.82, 2.24) is 9.97 Å². The van der Waals surface area contributed by atoms with Crippen molar-refractivity contribution in [3.63, 3.8) is 0 Å². The molecule has 15 nitrogen and oxygen atoms in total. The first-order chi connectivity index (χ1) is 20.4. The lowest BCUT2D eigenvalue weighted by molar-refractivity contribution is -0.279. The Labute approximate surface area is 243 Å². The molecule has 2 saturated heterocycles. The Morgan fingerprint density at radius 1 is 0.651 bits per heavy atom. The van der Waals surface area contributed by atoms with E-state index in [2.05, 4.69) is 9.97 Å². The van der Waals surface area contributed by atoms with E-state index in [0.717, 1.165) is 6.92 Å². The third kappa shape index (κ3) is 5.88. The number of aliphatic hydroxyl groups is 5. The maximum absolute atomic E-state index is 13.2. The summed E-state index contributed by atoms with van der Waals surface area (Å²) in [7, 11) is 0. The molecule has 230 valence electrons. The van der Waals surface area contributed by atoms with Crippen molar-refractivity contribution >= 4 is 40.0 Å². The molecule has 3 aromatic rings. The van der Waals surface area contributed by atoms with Crippen LogP contribution in [0.2, 0.25) is 0 Å². The number of aromatic nitrogens is 2. The Kier molecular flexibility index (Phi) is 8.58. The van der Waals surface area contributed by atoms with Crippen LogP contribution in [0, 0.1) is 0 Å². The number of benzene rings is 2. The SMILES string of the molecule is CC(=O)OC1C(O)C(C)OC(OC(=O)c2cccc3nc4c(C(=O)OC5OC(C)C(O)C(O)C5O)cccc4nc23)C1O. The summed E-state index contributed by atoms with van der Waals surface area (Å²) in [5.74, 6) is -2.66. The summed E-state index contributed by atoms with van der Waals surface area (Å²) in [6.07, 6.45) is -14.1. The average molecular weight is 603 g/mol. The normalized spacial score (nSPS) is 32.7. The van der Waals surface area contributed by atoms with E-state index in [-0.39, 0.29) is 33.2 Å². The summed E-state index contributed by atoms with van der Waals surface area (Å²) in [5, 5.41) is 51.0. The van der Waals surface area contributed by atoms with Crippen molar-refractivity contribution in [2.45, 2.75) is 82.2 Å². The molecule has 43 heavy (non-hydrogen) atoms. The van der Waals surface area contributed by atoms with E-state index in [9.17, 15) is 39.9 Å². The minimum atomic E-state index is -1.70. The lowest BCUT2D eigenvalue weighted by atomic mass is 9.99. The topological polar surface area (TPSA) is 224 Å². The van der Waals surface area contributed by atoms with Gasteiger partial charge in [-0.05, 0) is 38.1 Å². The fraction of sp³-hybridized carbons (Fsp3) is 0.464. The van der Waals surface area contributed by atoms with Crippen molar-refractivity contribution in [3.05, 3.63) is 47.5 Å². The van der Waals surface area contributed by atoms with Crippen LogP contribution in [-0.2, 0) is 28.5 Å². The largest absolute Gasteiger partial charge is 0.457 e. The second kappa shape index (κ2) is 12.0. The molecule has 1 aromatic heterocycles. The van der Waals surface area contributed by atoms with E-state index < -0.39 is 79.3 Å². The molecule has 0 spiro atoms. The van der Waals surface area contributed by atoms with Crippen LogP contribution in [0.4, 0.5) is 0 Å². The molecular formula is C28H30N2O13. The van der Waals surface area contributed by atoms with Gasteiger partial charge in [-0.1, -0.05) is 12.1 Å². The van der Waals surface area contributed by atoms with Gasteiger partial charge >= 0.3 is 17.9 Å². The van der Waals surface area contributed by atoms with Gasteiger partial charge in [0.25, 0.3) is 0 Å². The number of hydrogen-bond acceptors (Lipinski definition) is 15. The van der Waals surface area contributed by atoms with Crippen LogP contribution < -0.4 is 0 Å². The second-order valence-electron chi connectivity index (χ2n) is 10.3. The molecule has 10 atom stereocenters. The molecule has 2 aliphatic rings. The predicted molar refractivity (Wildman–Crippen MR) is 142 cm³/mol. The van der Waals surface area contributed by atoms with E-state index in [1.165, 1.54) is 50.2 Å². The second-order valence-corrected chi connectivity index (χ2v) is 10.3. The predicted octanol–water partition coefficient (Wildman–Crippen LogP) is -0.678. The van der Waals surface area contributed by atoms with Gasteiger partial charge in [-0.3, -0.25) is 4.79 Å². The lowest BCUT2D eigenvalue weighted by Gasteiger charge is -2.40. The quantitative estimate of drug-likeness (QED) is 0.139. The van der Waals surface area contributed by atoms with Gasteiger partial charge in [-0.25, -0.2) is 19.6 Å². The monoisotopic (exact) mass is 602 g/mol. The van der Waals surface area contributed by atoms with Gasteiger partial charge in [0, 0.05) is 6.92 Å². The molecule has 0 aliphatic carbocycles. The van der Waals surface area contributed by atoms with Gasteiger partial charge in [-0.2, -0.15) is 0 Å². The molecule has 0 bridgehead atoms. The number of aliphatic hydroxyl groups excluding tert-OH is 5. The maximum atomic E-state index is 13.2. The molecule has 15 heteroatoms. The molecular weight excluding hydrogens is 572 g/mol. The summed E-state index contributed by atoms with van der Waals surface area (Å²) >= 11 is 0. The maximum Gasteiger partial charge on any atom is 0.342 e. The molecule has 2 aliphatic heterocycles. The fourth-order valence-corrected chi connectivity index (χ4v) is 4.92. The fourth-order valence-electron chi connectivity index (χ4n) is 4.92. The summed E-state index contributed by atoms with van der Waals surface area (Å²) in [6.45, 7) is 4.01. The number of rotatable bonds is 5. The zero-order valence-corrected chi connectivity index (χ0v) is 23.1. The van der Waals surface area contributed by atoms with Crippen LogP contribution in [0.15, 0.2) is 36.4 Å². The highest BCUT2D eigenvalue weighted by atomic mass is 16.7. The summed E-state index contributed by atoms with van der Waals surface area (Å²) in [5.41, 5.74) is 0.470. The molecule has 2 aromatic carbocycles. The van der Waals surface area contributed by atoms with Crippen molar-refractivity contribution in [2.75, 3.05) is 0 Å². The third-order valence-electron chi connectivity index (χ3n) is 7.27. The summed E-state index contributed by atoms with van der Waals surface area (Å²) < 4.78 is 26.5. The number of nitrogens with zero attached hydrogens (tertiary/aromatic N) is 2. The highest BCUT2D eigenvalue weighted by Crippen LogP contribution is 2.28. The number of para-hydroxylation sites is 2. The first-order valence-corrected chi connectivity index (χ1v) is 13.4. The highest BCUT2D eigenvalue weighted by molar-refractivity contribution is 6.07. The molecule has 10 unspecified atom stereocenters. The van der Waals surface area contributed by atoms with Crippen molar-refractivity contribution in [1.29, 1.82) is 0 Å². The van der Waals surface area contributed by atoms with Gasteiger partial charge in [0.05, 0.1) is 34.4 Å². The van der Waals surface area contributed by atoms with E-state index in [1.807, 2.05) is 0 Å². The van der Waals surface area contributed by atoms with Gasteiger partial charge in [0.1, 0.15) is 35.4 Å². The van der Waals surface area contributed by atoms with Crippen LogP contribution in [0.5, 0.6) is 0 Å². The Morgan fingerprint density at radius 2 is 1.12 bits per heavy atom. The van der Waals surface area contributed by atoms with E-state index in [1.54, 1.807) is 0 Å². The highest BCUT2D eigenvalue weighted by Gasteiger charge is 2.47. The Balaban J connectivity index is 1.41. The minimum Gasteiger partial charge on any atom is -0.457 e. The Morgan fingerprint density at radius 3 is 1.60 bits per heavy atom. The van der Waals surface area contributed by atoms with Crippen molar-refractivity contribution < 1.29 is 63.6 Å². The first-order valence-electron chi connectivity index (χ1n) is 13.4. The van der Waals surface area contributed by atoms with Gasteiger partial charge < -0.3 is 49.2 Å². The number of hydrogen-bond donors (Lipinski definition) is 5. The van der Waals surface area contributed by atoms with Crippen molar-refractivity contribution in [3.8, 4) is 0 Å². The number of ether oxygens (including phenoxy) is 5. The van der Waals surface area contributed by atoms with Gasteiger partial charge in [-0.15, -0.1) is 0 Å². The van der Waals surface area contributed by atoms with Crippen LogP contribution in [0.1, 0.15) is 41.5 Å². The van der Waals surface area contributed by atoms with Gasteiger partial charge in [0.2, 0.25) is 12.6 Å². The van der Waals surface area contributed by atoms with Crippen molar-refractivity contribution in [2.24, 2.45) is 0 Å². The lowest BCUT2D eigenvalue weighted by Crippen LogP contribution is -2.59. The molecule has 3 heterocycles. The smallest absolute Gasteiger partial charge is 0.342 e. The first kappa shape index (κ1) is 30.6. The zero-order chi connectivity index (χ0) is 31.2. The van der Waals surface area contributed by atoms with E-state index in [0.29, 0.717) is 0 Å². The number of carbonyl (C=O) groups excluding carboxylic acids is 3. The van der Waals surface area contributed by atoms with E-state index >= 15 is 0 Å². The zero-order valence-electron chi connectivity index (χ0n) is 23.1. The molecule has 0 saturated carbocycles. The third-order valence-corrected chi connectivity index (χ3v) is 7.27.